The van der Waals surface area contributed by atoms with Crippen molar-refractivity contribution in [2.75, 3.05) is 45.5 Å². The molecule has 1 amide bonds. The van der Waals surface area contributed by atoms with E-state index in [2.05, 4.69) is 22.8 Å². The van der Waals surface area contributed by atoms with Crippen LogP contribution in [0.5, 0.6) is 11.5 Å². The van der Waals surface area contributed by atoms with E-state index in [1.807, 2.05) is 17.0 Å². The summed E-state index contributed by atoms with van der Waals surface area (Å²) in [6, 6.07) is 13.6. The highest BCUT2D eigenvalue weighted by Gasteiger charge is 2.45. The van der Waals surface area contributed by atoms with E-state index in [1.165, 1.54) is 5.56 Å². The molecule has 2 aromatic rings. The maximum atomic E-state index is 13.3. The van der Waals surface area contributed by atoms with Crippen molar-refractivity contribution in [2.24, 2.45) is 4.99 Å². The average Bonchev–Trinajstić information content (AvgIpc) is 3.41. The first kappa shape index (κ1) is 19.8. The number of aliphatic imine (C=N–C) groups is 1. The third kappa shape index (κ3) is 3.73. The van der Waals surface area contributed by atoms with Crippen LogP contribution >= 0.6 is 0 Å². The van der Waals surface area contributed by atoms with Crippen molar-refractivity contribution in [2.45, 2.75) is 18.5 Å². The molecule has 31 heavy (non-hydrogen) atoms. The lowest BCUT2D eigenvalue weighted by molar-refractivity contribution is 0.0785. The number of amidine groups is 1. The summed E-state index contributed by atoms with van der Waals surface area (Å²) in [5.74, 6) is 2.13. The van der Waals surface area contributed by atoms with E-state index in [0.717, 1.165) is 17.9 Å². The van der Waals surface area contributed by atoms with Gasteiger partial charge in [-0.2, -0.15) is 0 Å². The van der Waals surface area contributed by atoms with Crippen LogP contribution in [0, 0.1) is 0 Å². The number of amides is 1. The van der Waals surface area contributed by atoms with Gasteiger partial charge in [-0.25, -0.2) is 0 Å². The van der Waals surface area contributed by atoms with E-state index in [1.54, 1.807) is 25.3 Å². The third-order valence-electron chi connectivity index (χ3n) is 6.08. The van der Waals surface area contributed by atoms with Crippen LogP contribution in [0.15, 0.2) is 47.5 Å². The van der Waals surface area contributed by atoms with Crippen molar-refractivity contribution in [3.8, 4) is 11.5 Å². The van der Waals surface area contributed by atoms with E-state index < -0.39 is 5.54 Å². The van der Waals surface area contributed by atoms with Crippen molar-refractivity contribution in [3.63, 3.8) is 0 Å². The van der Waals surface area contributed by atoms with Gasteiger partial charge in [-0.1, -0.05) is 18.2 Å². The van der Waals surface area contributed by atoms with Crippen LogP contribution < -0.4 is 20.1 Å². The van der Waals surface area contributed by atoms with Crippen LogP contribution in [0.3, 0.4) is 0 Å². The van der Waals surface area contributed by atoms with Crippen molar-refractivity contribution < 1.29 is 19.0 Å². The number of hydrogen-bond acceptors (Lipinski definition) is 6. The monoisotopic (exact) mass is 422 g/mol. The third-order valence-corrected chi connectivity index (χ3v) is 6.08. The zero-order chi connectivity index (χ0) is 21.3. The summed E-state index contributed by atoms with van der Waals surface area (Å²) in [6.45, 7) is 3.17. The number of nitrogens with zero attached hydrogens (tertiary/aromatic N) is 2. The molecule has 0 aliphatic carbocycles. The van der Waals surface area contributed by atoms with Crippen molar-refractivity contribution >= 4 is 17.4 Å². The molecule has 0 radical (unpaired) electrons. The number of nitrogens with one attached hydrogen (secondary N) is 2. The number of ether oxygens (including phenoxy) is 3. The predicted octanol–water partition coefficient (Wildman–Crippen LogP) is 2.26. The van der Waals surface area contributed by atoms with Crippen LogP contribution in [0.2, 0.25) is 0 Å². The largest absolute Gasteiger partial charge is 0.454 e. The Labute approximate surface area is 181 Å². The molecule has 2 N–H and O–H groups in total. The molecular weight excluding hydrogens is 396 g/mol. The molecule has 5 rings (SSSR count). The van der Waals surface area contributed by atoms with Gasteiger partial charge in [0.15, 0.2) is 11.5 Å². The first-order valence-corrected chi connectivity index (χ1v) is 10.5. The predicted molar refractivity (Wildman–Crippen MR) is 117 cm³/mol. The first-order valence-electron chi connectivity index (χ1n) is 10.5. The molecule has 1 saturated heterocycles. The van der Waals surface area contributed by atoms with Crippen LogP contribution in [-0.4, -0.2) is 62.3 Å². The van der Waals surface area contributed by atoms with Gasteiger partial charge < -0.3 is 24.4 Å². The van der Waals surface area contributed by atoms with Gasteiger partial charge >= 0.3 is 0 Å². The van der Waals surface area contributed by atoms with Gasteiger partial charge in [0.05, 0.1) is 18.7 Å². The highest BCUT2D eigenvalue weighted by atomic mass is 16.7. The lowest BCUT2D eigenvalue weighted by Gasteiger charge is -2.30. The summed E-state index contributed by atoms with van der Waals surface area (Å²) in [7, 11) is 1.67. The maximum Gasteiger partial charge on any atom is 0.254 e. The molecule has 2 aromatic carbocycles. The molecule has 162 valence electrons. The second kappa shape index (κ2) is 8.20. The summed E-state index contributed by atoms with van der Waals surface area (Å²) in [5, 5.41) is 7.24. The summed E-state index contributed by atoms with van der Waals surface area (Å²) in [4.78, 5) is 20.0. The van der Waals surface area contributed by atoms with E-state index in [4.69, 9.17) is 19.2 Å². The molecule has 8 heteroatoms. The van der Waals surface area contributed by atoms with Gasteiger partial charge in [-0.05, 0) is 36.2 Å². The number of anilines is 1. The Morgan fingerprint density at radius 2 is 2.10 bits per heavy atom. The Balaban J connectivity index is 1.40. The fourth-order valence-electron chi connectivity index (χ4n) is 4.36. The number of benzene rings is 2. The fraction of sp³-hybridized carbons (Fsp3) is 0.391. The maximum absolute atomic E-state index is 13.3. The number of carbonyl (C=O) groups is 1. The van der Waals surface area contributed by atoms with E-state index in [0.29, 0.717) is 49.8 Å². The average molecular weight is 422 g/mol. The van der Waals surface area contributed by atoms with Crippen LogP contribution in [0.25, 0.3) is 0 Å². The number of hydrogen-bond donors (Lipinski definition) is 2. The summed E-state index contributed by atoms with van der Waals surface area (Å²) >= 11 is 0. The molecule has 0 saturated carbocycles. The SMILES string of the molecule is COCCN=C1Nc2ccccc2CN[C@@]12CCN(C(=O)c1ccc3c(c1)OCO3)C2. The van der Waals surface area contributed by atoms with Crippen LogP contribution in [0.4, 0.5) is 5.69 Å². The van der Waals surface area contributed by atoms with Gasteiger partial charge in [0, 0.05) is 38.0 Å². The Kier molecular flexibility index (Phi) is 5.25. The highest BCUT2D eigenvalue weighted by Crippen LogP contribution is 2.34. The quantitative estimate of drug-likeness (QED) is 0.736. The Hall–Kier alpha value is -3.10. The topological polar surface area (TPSA) is 84.4 Å². The first-order chi connectivity index (χ1) is 15.2. The molecule has 0 unspecified atom stereocenters. The Bertz CT molecular complexity index is 1020. The molecular formula is C23H26N4O4. The normalized spacial score (nSPS) is 23.0. The zero-order valence-corrected chi connectivity index (χ0v) is 17.5. The standard InChI is InChI=1S/C23H26N4O4/c1-29-11-9-24-22-23(25-13-17-4-2-3-5-18(17)26-22)8-10-27(14-23)21(28)16-6-7-19-20(12-16)31-15-30-19/h2-7,12,25H,8-11,13-15H2,1H3,(H,24,26)/t23-/m1/s1. The number of methoxy groups -OCH3 is 1. The Morgan fingerprint density at radius 3 is 3.00 bits per heavy atom. The number of fused-ring (bicyclic) bond motifs is 2. The van der Waals surface area contributed by atoms with E-state index in [9.17, 15) is 4.79 Å². The molecule has 3 aliphatic heterocycles. The zero-order valence-electron chi connectivity index (χ0n) is 17.5. The van der Waals surface area contributed by atoms with E-state index >= 15 is 0 Å². The lowest BCUT2D eigenvalue weighted by Crippen LogP contribution is -2.55. The van der Waals surface area contributed by atoms with Crippen LogP contribution in [0.1, 0.15) is 22.3 Å². The molecule has 8 nitrogen and oxygen atoms in total. The molecule has 1 atom stereocenters. The number of para-hydroxylation sites is 1. The Morgan fingerprint density at radius 1 is 1.23 bits per heavy atom. The number of likely N-dealkylation sites (tertiary alicyclic amines) is 1. The van der Waals surface area contributed by atoms with Gasteiger partial charge in [0.2, 0.25) is 6.79 Å². The number of carbonyl (C=O) groups excluding carboxylic acids is 1. The summed E-state index contributed by atoms with van der Waals surface area (Å²) in [6.07, 6.45) is 0.774. The minimum atomic E-state index is -0.432. The van der Waals surface area contributed by atoms with E-state index in [-0.39, 0.29) is 12.7 Å². The summed E-state index contributed by atoms with van der Waals surface area (Å²) < 4.78 is 16.0. The second-order valence-electron chi connectivity index (χ2n) is 7.99. The second-order valence-corrected chi connectivity index (χ2v) is 7.99. The summed E-state index contributed by atoms with van der Waals surface area (Å²) in [5.41, 5.74) is 2.39. The van der Waals surface area contributed by atoms with Gasteiger partial charge in [-0.3, -0.25) is 15.1 Å². The molecule has 3 heterocycles. The van der Waals surface area contributed by atoms with Crippen molar-refractivity contribution in [1.29, 1.82) is 0 Å². The van der Waals surface area contributed by atoms with Gasteiger partial charge in [-0.15, -0.1) is 0 Å². The molecule has 1 fully saturated rings. The molecule has 3 aliphatic rings. The van der Waals surface area contributed by atoms with Crippen molar-refractivity contribution in [1.82, 2.24) is 10.2 Å². The smallest absolute Gasteiger partial charge is 0.254 e. The van der Waals surface area contributed by atoms with Crippen LogP contribution in [-0.2, 0) is 11.3 Å². The fourth-order valence-corrected chi connectivity index (χ4v) is 4.36. The minimum Gasteiger partial charge on any atom is -0.454 e. The van der Waals surface area contributed by atoms with Crippen molar-refractivity contribution in [3.05, 3.63) is 53.6 Å². The molecule has 0 bridgehead atoms. The van der Waals surface area contributed by atoms with Gasteiger partial charge in [0.25, 0.3) is 5.91 Å². The van der Waals surface area contributed by atoms with Gasteiger partial charge in [0.1, 0.15) is 5.84 Å². The molecule has 1 spiro atoms. The minimum absolute atomic E-state index is 0.0185. The number of rotatable bonds is 4. The molecule has 0 aromatic heterocycles. The lowest BCUT2D eigenvalue weighted by atomic mass is 9.96. The highest BCUT2D eigenvalue weighted by molar-refractivity contribution is 6.05.